The molecule has 0 unspecified atom stereocenters. The molecule has 5 heteroatoms. The molecule has 0 radical (unpaired) electrons. The van der Waals surface area contributed by atoms with Gasteiger partial charge in [-0.3, -0.25) is 0 Å². The fraction of sp³-hybridized carbons (Fsp3) is 0.667. The Bertz CT molecular complexity index is 485. The van der Waals surface area contributed by atoms with Gasteiger partial charge in [0, 0.05) is 24.8 Å². The molecule has 0 aromatic carbocycles. The van der Waals surface area contributed by atoms with Gasteiger partial charge in [-0.2, -0.15) is 0 Å². The number of aromatic nitrogens is 1. The smallest absolute Gasteiger partial charge is 0.410 e. The molecule has 0 N–H and O–H groups in total. The molecule has 0 spiro atoms. The van der Waals surface area contributed by atoms with E-state index in [1.165, 1.54) is 6.42 Å². The standard InChI is InChI=1S/C18H28N2O3/c1-18(2,3)23-17(21)20-13-7-5-9-15(20)10-8-14-22-16-11-4-6-12-19-16/h4,6,11-12,15H,5,7-10,13-14H2,1-3H3/t15-/m0/s1. The molecule has 5 nitrogen and oxygen atoms in total. The van der Waals surface area contributed by atoms with Crippen LogP contribution in [-0.2, 0) is 4.74 Å². The summed E-state index contributed by atoms with van der Waals surface area (Å²) >= 11 is 0. The predicted molar refractivity (Wildman–Crippen MR) is 89.5 cm³/mol. The monoisotopic (exact) mass is 320 g/mol. The molecular weight excluding hydrogens is 292 g/mol. The molecule has 23 heavy (non-hydrogen) atoms. The molecule has 1 aromatic heterocycles. The molecule has 128 valence electrons. The number of hydrogen-bond acceptors (Lipinski definition) is 4. The summed E-state index contributed by atoms with van der Waals surface area (Å²) in [5, 5.41) is 0. The normalized spacial score (nSPS) is 18.6. The summed E-state index contributed by atoms with van der Waals surface area (Å²) in [7, 11) is 0. The Balaban J connectivity index is 1.78. The quantitative estimate of drug-likeness (QED) is 0.769. The Morgan fingerprint density at radius 2 is 2.17 bits per heavy atom. The van der Waals surface area contributed by atoms with E-state index in [0.29, 0.717) is 12.5 Å². The van der Waals surface area contributed by atoms with E-state index in [0.717, 1.165) is 32.2 Å². The maximum atomic E-state index is 12.3. The largest absolute Gasteiger partial charge is 0.478 e. The number of likely N-dealkylation sites (tertiary alicyclic amines) is 1. The average molecular weight is 320 g/mol. The minimum Gasteiger partial charge on any atom is -0.478 e. The first kappa shape index (κ1) is 17.6. The highest BCUT2D eigenvalue weighted by Crippen LogP contribution is 2.23. The third-order valence-corrected chi connectivity index (χ3v) is 3.82. The second-order valence-corrected chi connectivity index (χ2v) is 6.98. The van der Waals surface area contributed by atoms with Crippen LogP contribution in [0.3, 0.4) is 0 Å². The highest BCUT2D eigenvalue weighted by molar-refractivity contribution is 5.68. The van der Waals surface area contributed by atoms with E-state index in [1.807, 2.05) is 43.9 Å². The van der Waals surface area contributed by atoms with Crippen LogP contribution in [0.15, 0.2) is 24.4 Å². The molecule has 0 aliphatic carbocycles. The minimum absolute atomic E-state index is 0.187. The fourth-order valence-corrected chi connectivity index (χ4v) is 2.79. The number of ether oxygens (including phenoxy) is 2. The van der Waals surface area contributed by atoms with E-state index >= 15 is 0 Å². The molecule has 1 aliphatic heterocycles. The lowest BCUT2D eigenvalue weighted by molar-refractivity contribution is 0.00822. The summed E-state index contributed by atoms with van der Waals surface area (Å²) in [5.41, 5.74) is -0.443. The van der Waals surface area contributed by atoms with Crippen LogP contribution in [-0.4, -0.2) is 40.8 Å². The van der Waals surface area contributed by atoms with E-state index in [1.54, 1.807) is 6.20 Å². The van der Waals surface area contributed by atoms with E-state index in [-0.39, 0.29) is 12.1 Å². The van der Waals surface area contributed by atoms with Crippen LogP contribution >= 0.6 is 0 Å². The summed E-state index contributed by atoms with van der Waals surface area (Å²) < 4.78 is 11.2. The Labute approximate surface area is 139 Å². The van der Waals surface area contributed by atoms with Crippen LogP contribution in [0.1, 0.15) is 52.9 Å². The zero-order chi connectivity index (χ0) is 16.7. The molecule has 2 rings (SSSR count). The lowest BCUT2D eigenvalue weighted by atomic mass is 9.98. The van der Waals surface area contributed by atoms with Crippen molar-refractivity contribution in [2.24, 2.45) is 0 Å². The number of carbonyl (C=O) groups is 1. The van der Waals surface area contributed by atoms with Crippen LogP contribution in [0.4, 0.5) is 4.79 Å². The Hall–Kier alpha value is -1.78. The summed E-state index contributed by atoms with van der Waals surface area (Å²) in [4.78, 5) is 18.4. The van der Waals surface area contributed by atoms with Crippen LogP contribution in [0, 0.1) is 0 Å². The maximum absolute atomic E-state index is 12.3. The Kier molecular flexibility index (Phi) is 6.25. The topological polar surface area (TPSA) is 51.7 Å². The molecule has 1 aliphatic rings. The van der Waals surface area contributed by atoms with Gasteiger partial charge in [0.25, 0.3) is 0 Å². The minimum atomic E-state index is -0.443. The van der Waals surface area contributed by atoms with E-state index in [9.17, 15) is 4.79 Å². The zero-order valence-corrected chi connectivity index (χ0v) is 14.5. The van der Waals surface area contributed by atoms with E-state index in [2.05, 4.69) is 4.98 Å². The van der Waals surface area contributed by atoms with Gasteiger partial charge in [0.2, 0.25) is 5.88 Å². The van der Waals surface area contributed by atoms with E-state index < -0.39 is 5.60 Å². The lowest BCUT2D eigenvalue weighted by Crippen LogP contribution is -2.46. The maximum Gasteiger partial charge on any atom is 0.410 e. The second-order valence-electron chi connectivity index (χ2n) is 6.98. The van der Waals surface area contributed by atoms with Crippen molar-refractivity contribution in [1.29, 1.82) is 0 Å². The molecule has 0 saturated carbocycles. The first-order valence-corrected chi connectivity index (χ1v) is 8.49. The van der Waals surface area contributed by atoms with Gasteiger partial charge in [-0.05, 0) is 58.9 Å². The molecule has 1 aromatic rings. The second kappa shape index (κ2) is 8.18. The van der Waals surface area contributed by atoms with Crippen LogP contribution in [0.2, 0.25) is 0 Å². The van der Waals surface area contributed by atoms with Crippen molar-refractivity contribution in [2.45, 2.75) is 64.5 Å². The number of hydrogen-bond donors (Lipinski definition) is 0. The van der Waals surface area contributed by atoms with E-state index in [4.69, 9.17) is 9.47 Å². The molecule has 1 fully saturated rings. The van der Waals surface area contributed by atoms with Crippen LogP contribution in [0.25, 0.3) is 0 Å². The van der Waals surface area contributed by atoms with Crippen molar-refractivity contribution in [2.75, 3.05) is 13.2 Å². The van der Waals surface area contributed by atoms with Gasteiger partial charge >= 0.3 is 6.09 Å². The number of nitrogens with zero attached hydrogens (tertiary/aromatic N) is 2. The highest BCUT2D eigenvalue weighted by Gasteiger charge is 2.29. The fourth-order valence-electron chi connectivity index (χ4n) is 2.79. The Morgan fingerprint density at radius 1 is 1.35 bits per heavy atom. The molecule has 1 amide bonds. The Morgan fingerprint density at radius 3 is 2.87 bits per heavy atom. The molecular formula is C18H28N2O3. The number of amides is 1. The van der Waals surface area contributed by atoms with Gasteiger partial charge in [-0.25, -0.2) is 9.78 Å². The van der Waals surface area contributed by atoms with Gasteiger partial charge in [0.1, 0.15) is 5.60 Å². The van der Waals surface area contributed by atoms with Crippen molar-refractivity contribution in [3.63, 3.8) is 0 Å². The first-order valence-electron chi connectivity index (χ1n) is 8.49. The van der Waals surface area contributed by atoms with Crippen LogP contribution < -0.4 is 4.74 Å². The van der Waals surface area contributed by atoms with Crippen molar-refractivity contribution < 1.29 is 14.3 Å². The third-order valence-electron chi connectivity index (χ3n) is 3.82. The number of pyridine rings is 1. The van der Waals surface area contributed by atoms with Gasteiger partial charge in [0.15, 0.2) is 0 Å². The third kappa shape index (κ3) is 6.08. The van der Waals surface area contributed by atoms with Crippen molar-refractivity contribution in [3.05, 3.63) is 24.4 Å². The molecule has 2 heterocycles. The summed E-state index contributed by atoms with van der Waals surface area (Å²) in [6.07, 6.45) is 6.65. The van der Waals surface area contributed by atoms with Gasteiger partial charge in [0.05, 0.1) is 6.61 Å². The first-order chi connectivity index (χ1) is 11.0. The van der Waals surface area contributed by atoms with Crippen molar-refractivity contribution >= 4 is 6.09 Å². The highest BCUT2D eigenvalue weighted by atomic mass is 16.6. The summed E-state index contributed by atoms with van der Waals surface area (Å²) in [6.45, 7) is 7.13. The molecule has 1 atom stereocenters. The van der Waals surface area contributed by atoms with Crippen LogP contribution in [0.5, 0.6) is 5.88 Å². The van der Waals surface area contributed by atoms with Gasteiger partial charge in [-0.15, -0.1) is 0 Å². The van der Waals surface area contributed by atoms with Crippen molar-refractivity contribution in [1.82, 2.24) is 9.88 Å². The van der Waals surface area contributed by atoms with Crippen molar-refractivity contribution in [3.8, 4) is 5.88 Å². The zero-order valence-electron chi connectivity index (χ0n) is 14.5. The average Bonchev–Trinajstić information content (AvgIpc) is 2.51. The summed E-state index contributed by atoms with van der Waals surface area (Å²) in [5.74, 6) is 0.653. The SMILES string of the molecule is CC(C)(C)OC(=O)N1CCCC[C@H]1CCCOc1ccccn1. The molecule has 1 saturated heterocycles. The lowest BCUT2D eigenvalue weighted by Gasteiger charge is -2.36. The predicted octanol–water partition coefficient (Wildman–Crippen LogP) is 4.03. The van der Waals surface area contributed by atoms with Gasteiger partial charge < -0.3 is 14.4 Å². The number of rotatable bonds is 5. The van der Waals surface area contributed by atoms with Gasteiger partial charge in [-0.1, -0.05) is 6.07 Å². The number of piperidine rings is 1. The summed E-state index contributed by atoms with van der Waals surface area (Å²) in [6, 6.07) is 5.89. The number of carbonyl (C=O) groups excluding carboxylic acids is 1. The molecule has 0 bridgehead atoms.